The molecule has 0 fully saturated rings. The second kappa shape index (κ2) is 9.64. The number of carbonyl (C=O) groups excluding carboxylic acids is 1. The third kappa shape index (κ3) is 6.88. The van der Waals surface area contributed by atoms with E-state index in [1.54, 1.807) is 19.1 Å². The van der Waals surface area contributed by atoms with Gasteiger partial charge in [0.05, 0.1) is 12.6 Å². The van der Waals surface area contributed by atoms with Gasteiger partial charge in [-0.05, 0) is 30.0 Å². The van der Waals surface area contributed by atoms with Crippen LogP contribution in [0.25, 0.3) is 0 Å². The topological polar surface area (TPSA) is 73.6 Å². The fourth-order valence-electron chi connectivity index (χ4n) is 1.82. The molecule has 3 N–H and O–H groups in total. The van der Waals surface area contributed by atoms with E-state index in [9.17, 15) is 13.6 Å². The van der Waals surface area contributed by atoms with Gasteiger partial charge in [0.15, 0.2) is 11.5 Å². The van der Waals surface area contributed by atoms with E-state index in [1.807, 2.05) is 20.8 Å². The first kappa shape index (κ1) is 22.4. The highest BCUT2D eigenvalue weighted by Gasteiger charge is 2.27. The monoisotopic (exact) mass is 366 g/mol. The van der Waals surface area contributed by atoms with Gasteiger partial charge in [-0.3, -0.25) is 4.79 Å². The van der Waals surface area contributed by atoms with Gasteiger partial charge in [-0.15, -0.1) is 12.4 Å². The smallest absolute Gasteiger partial charge is 0.387 e. The predicted octanol–water partition coefficient (Wildman–Crippen LogP) is 3.10. The molecule has 24 heavy (non-hydrogen) atoms. The zero-order valence-corrected chi connectivity index (χ0v) is 15.1. The van der Waals surface area contributed by atoms with Crippen LogP contribution in [0, 0.1) is 5.41 Å². The zero-order valence-electron chi connectivity index (χ0n) is 14.3. The van der Waals surface area contributed by atoms with E-state index in [0.29, 0.717) is 12.2 Å². The lowest BCUT2D eigenvalue weighted by Gasteiger charge is -2.25. The van der Waals surface area contributed by atoms with Crippen LogP contribution in [0.4, 0.5) is 8.78 Å². The Hall–Kier alpha value is -1.60. The van der Waals surface area contributed by atoms with Crippen LogP contribution in [0.2, 0.25) is 0 Å². The first-order chi connectivity index (χ1) is 10.6. The van der Waals surface area contributed by atoms with Gasteiger partial charge in [-0.25, -0.2) is 0 Å². The number of hydrogen-bond donors (Lipinski definition) is 2. The molecule has 0 spiro atoms. The summed E-state index contributed by atoms with van der Waals surface area (Å²) in [5.41, 5.74) is 6.22. The lowest BCUT2D eigenvalue weighted by atomic mass is 9.87. The first-order valence-electron chi connectivity index (χ1n) is 7.39. The van der Waals surface area contributed by atoms with Crippen LogP contribution >= 0.6 is 12.4 Å². The molecule has 0 radical (unpaired) electrons. The van der Waals surface area contributed by atoms with Crippen molar-refractivity contribution >= 4 is 18.3 Å². The van der Waals surface area contributed by atoms with Crippen LogP contribution in [0.3, 0.4) is 0 Å². The van der Waals surface area contributed by atoms with Crippen molar-refractivity contribution in [1.82, 2.24) is 5.32 Å². The Morgan fingerprint density at radius 1 is 1.29 bits per heavy atom. The van der Waals surface area contributed by atoms with Gasteiger partial charge in [0.1, 0.15) is 0 Å². The number of benzene rings is 1. The fourth-order valence-corrected chi connectivity index (χ4v) is 1.82. The van der Waals surface area contributed by atoms with Crippen molar-refractivity contribution in [3.05, 3.63) is 23.8 Å². The Labute approximate surface area is 147 Å². The number of nitrogens with two attached hydrogens (primary N) is 1. The number of hydrogen-bond acceptors (Lipinski definition) is 4. The summed E-state index contributed by atoms with van der Waals surface area (Å²) in [7, 11) is 0. The zero-order chi connectivity index (χ0) is 17.6. The second-order valence-electron chi connectivity index (χ2n) is 6.15. The minimum atomic E-state index is -2.93. The lowest BCUT2D eigenvalue weighted by molar-refractivity contribution is -0.124. The summed E-state index contributed by atoms with van der Waals surface area (Å²) >= 11 is 0. The van der Waals surface area contributed by atoms with Crippen molar-refractivity contribution in [3.8, 4) is 11.5 Å². The molecule has 0 aromatic heterocycles. The van der Waals surface area contributed by atoms with Crippen molar-refractivity contribution in [3.63, 3.8) is 0 Å². The standard InChI is InChI=1S/C16H24F2N2O3.ClH/c1-5-22-12-8-10(6-7-11(12)23-15(17)18)9-20-14(21)13(19)16(2,3)4;/h6-8,13,15H,5,9,19H2,1-4H3,(H,20,21);1H/t13-;/m1./s1. The van der Waals surface area contributed by atoms with Gasteiger partial charge in [-0.1, -0.05) is 26.8 Å². The van der Waals surface area contributed by atoms with Gasteiger partial charge in [-0.2, -0.15) is 8.78 Å². The Bertz CT molecular complexity index is 537. The molecule has 1 atom stereocenters. The number of ether oxygens (including phenoxy) is 2. The molecule has 0 saturated heterocycles. The summed E-state index contributed by atoms with van der Waals surface area (Å²) in [5.74, 6) is -0.105. The molecule has 1 amide bonds. The molecule has 0 heterocycles. The number of carbonyl (C=O) groups is 1. The summed E-state index contributed by atoms with van der Waals surface area (Å²) < 4.78 is 34.4. The Morgan fingerprint density at radius 3 is 2.42 bits per heavy atom. The number of rotatable bonds is 7. The Kier molecular flexibility index (Phi) is 8.99. The quantitative estimate of drug-likeness (QED) is 0.777. The number of halogens is 3. The minimum absolute atomic E-state index is 0. The second-order valence-corrected chi connectivity index (χ2v) is 6.15. The Morgan fingerprint density at radius 2 is 1.92 bits per heavy atom. The van der Waals surface area contributed by atoms with Gasteiger partial charge in [0.25, 0.3) is 0 Å². The molecular weight excluding hydrogens is 342 g/mol. The van der Waals surface area contributed by atoms with E-state index in [4.69, 9.17) is 10.5 Å². The largest absolute Gasteiger partial charge is 0.490 e. The van der Waals surface area contributed by atoms with Crippen LogP contribution in [0.1, 0.15) is 33.3 Å². The van der Waals surface area contributed by atoms with E-state index < -0.39 is 12.7 Å². The van der Waals surface area contributed by atoms with Gasteiger partial charge < -0.3 is 20.5 Å². The van der Waals surface area contributed by atoms with E-state index in [2.05, 4.69) is 10.1 Å². The summed E-state index contributed by atoms with van der Waals surface area (Å²) in [6.45, 7) is 4.97. The summed E-state index contributed by atoms with van der Waals surface area (Å²) in [6, 6.07) is 3.89. The highest BCUT2D eigenvalue weighted by atomic mass is 35.5. The Balaban J connectivity index is 0.00000529. The highest BCUT2D eigenvalue weighted by molar-refractivity contribution is 5.85. The number of amides is 1. The van der Waals surface area contributed by atoms with Crippen LogP contribution in [0.5, 0.6) is 11.5 Å². The van der Waals surface area contributed by atoms with Crippen molar-refractivity contribution in [2.75, 3.05) is 6.61 Å². The highest BCUT2D eigenvalue weighted by Crippen LogP contribution is 2.30. The third-order valence-corrected chi connectivity index (χ3v) is 3.21. The van der Waals surface area contributed by atoms with E-state index >= 15 is 0 Å². The normalized spacial score (nSPS) is 12.3. The molecule has 0 aliphatic rings. The molecule has 0 saturated carbocycles. The van der Waals surface area contributed by atoms with Crippen molar-refractivity contribution in [1.29, 1.82) is 0 Å². The maximum Gasteiger partial charge on any atom is 0.387 e. The van der Waals surface area contributed by atoms with Gasteiger partial charge in [0, 0.05) is 6.54 Å². The van der Waals surface area contributed by atoms with Gasteiger partial charge >= 0.3 is 6.61 Å². The lowest BCUT2D eigenvalue weighted by Crippen LogP contribution is -2.48. The third-order valence-electron chi connectivity index (χ3n) is 3.21. The summed E-state index contributed by atoms with van der Waals surface area (Å²) in [5, 5.41) is 2.73. The van der Waals surface area contributed by atoms with Gasteiger partial charge in [0.2, 0.25) is 5.91 Å². The molecular formula is C16H25ClF2N2O3. The molecule has 0 unspecified atom stereocenters. The molecule has 138 valence electrons. The maximum atomic E-state index is 12.3. The average molecular weight is 367 g/mol. The maximum absolute atomic E-state index is 12.3. The number of nitrogens with one attached hydrogen (secondary N) is 1. The molecule has 1 aromatic rings. The van der Waals surface area contributed by atoms with Crippen molar-refractivity contribution < 1.29 is 23.0 Å². The van der Waals surface area contributed by atoms with Crippen LogP contribution < -0.4 is 20.5 Å². The van der Waals surface area contributed by atoms with Crippen LogP contribution in [-0.4, -0.2) is 25.2 Å². The SMILES string of the molecule is CCOc1cc(CNC(=O)[C@@H](N)C(C)(C)C)ccc1OC(F)F.Cl. The molecule has 8 heteroatoms. The summed E-state index contributed by atoms with van der Waals surface area (Å²) in [6.07, 6.45) is 0. The average Bonchev–Trinajstić information content (AvgIpc) is 2.45. The van der Waals surface area contributed by atoms with Crippen LogP contribution in [0.15, 0.2) is 18.2 Å². The van der Waals surface area contributed by atoms with Crippen molar-refractivity contribution in [2.24, 2.45) is 11.1 Å². The summed E-state index contributed by atoms with van der Waals surface area (Å²) in [4.78, 5) is 12.0. The molecule has 0 bridgehead atoms. The number of alkyl halides is 2. The minimum Gasteiger partial charge on any atom is -0.490 e. The van der Waals surface area contributed by atoms with E-state index in [0.717, 1.165) is 0 Å². The fraction of sp³-hybridized carbons (Fsp3) is 0.562. The molecule has 5 nitrogen and oxygen atoms in total. The van der Waals surface area contributed by atoms with E-state index in [-0.39, 0.29) is 41.8 Å². The van der Waals surface area contributed by atoms with Crippen LogP contribution in [-0.2, 0) is 11.3 Å². The van der Waals surface area contributed by atoms with E-state index in [1.165, 1.54) is 6.07 Å². The molecule has 1 aromatic carbocycles. The molecule has 0 aliphatic heterocycles. The van der Waals surface area contributed by atoms with Crippen molar-refractivity contribution in [2.45, 2.75) is 46.9 Å². The first-order valence-corrected chi connectivity index (χ1v) is 7.39. The predicted molar refractivity (Wildman–Crippen MR) is 90.8 cm³/mol. The molecule has 1 rings (SSSR count). The molecule has 0 aliphatic carbocycles.